The molecule has 2 aromatic heterocycles. The fourth-order valence-electron chi connectivity index (χ4n) is 6.33. The number of para-hydroxylation sites is 2. The number of rotatable bonds is 5. The Labute approximate surface area is 257 Å². The predicted octanol–water partition coefficient (Wildman–Crippen LogP) is 11.2. The summed E-state index contributed by atoms with van der Waals surface area (Å²) in [6.07, 6.45) is 0. The summed E-state index contributed by atoms with van der Waals surface area (Å²) in [5.41, 5.74) is 14.0. The Morgan fingerprint density at radius 2 is 0.909 bits per heavy atom. The van der Waals surface area contributed by atoms with Crippen molar-refractivity contribution in [2.24, 2.45) is 0 Å². The van der Waals surface area contributed by atoms with Gasteiger partial charge in [-0.15, -0.1) is 0 Å². The molecule has 0 saturated carbocycles. The Kier molecular flexibility index (Phi) is 6.39. The van der Waals surface area contributed by atoms with E-state index in [1.54, 1.807) is 0 Å². The molecule has 0 fully saturated rings. The number of nitrogens with zero attached hydrogens (tertiary/aromatic N) is 2. The smallest absolute Gasteiger partial charge is 0.0705 e. The van der Waals surface area contributed by atoms with Crippen LogP contribution in [0.5, 0.6) is 0 Å². The van der Waals surface area contributed by atoms with Crippen LogP contribution in [0.3, 0.4) is 0 Å². The first-order valence-corrected chi connectivity index (χ1v) is 15.1. The van der Waals surface area contributed by atoms with Crippen molar-refractivity contribution < 1.29 is 0 Å². The van der Waals surface area contributed by atoms with E-state index in [4.69, 9.17) is 4.98 Å². The van der Waals surface area contributed by atoms with Gasteiger partial charge in [-0.2, -0.15) is 0 Å². The van der Waals surface area contributed by atoms with E-state index < -0.39 is 0 Å². The molecule has 0 unspecified atom stereocenters. The Balaban J connectivity index is 1.18. The van der Waals surface area contributed by atoms with Gasteiger partial charge < -0.3 is 4.57 Å². The van der Waals surface area contributed by atoms with E-state index >= 15 is 0 Å². The standard InChI is InChI=1S/C42H30N2/c1-29-11-7-21-40(43-29)36-17-10-16-34(27-36)32-14-8-12-30(25-32)31-13-9-15-33(26-31)35-23-24-42-39(28-35)38-20-5-6-22-41(38)44(42)37-18-3-2-4-19-37/h2-28H,1H3. The molecule has 8 rings (SSSR count). The molecule has 0 spiro atoms. The van der Waals surface area contributed by atoms with E-state index in [1.165, 1.54) is 60.9 Å². The number of fused-ring (bicyclic) bond motifs is 3. The zero-order chi connectivity index (χ0) is 29.5. The second-order valence-electron chi connectivity index (χ2n) is 11.3. The largest absolute Gasteiger partial charge is 0.309 e. The van der Waals surface area contributed by atoms with Gasteiger partial charge in [-0.1, -0.05) is 103 Å². The average molecular weight is 563 g/mol. The molecule has 0 atom stereocenters. The van der Waals surface area contributed by atoms with Crippen LogP contribution in [-0.2, 0) is 0 Å². The number of hydrogen-bond acceptors (Lipinski definition) is 1. The molecule has 44 heavy (non-hydrogen) atoms. The van der Waals surface area contributed by atoms with Gasteiger partial charge >= 0.3 is 0 Å². The van der Waals surface area contributed by atoms with Gasteiger partial charge in [-0.3, -0.25) is 4.98 Å². The van der Waals surface area contributed by atoms with Crippen molar-refractivity contribution in [3.8, 4) is 50.3 Å². The fraction of sp³-hybridized carbons (Fsp3) is 0.0238. The van der Waals surface area contributed by atoms with E-state index in [2.05, 4.69) is 162 Å². The molecule has 6 aromatic carbocycles. The molecule has 2 nitrogen and oxygen atoms in total. The molecule has 0 aliphatic carbocycles. The Bertz CT molecular complexity index is 2290. The fourth-order valence-corrected chi connectivity index (χ4v) is 6.33. The molecule has 208 valence electrons. The molecule has 8 aromatic rings. The van der Waals surface area contributed by atoms with Gasteiger partial charge in [0.25, 0.3) is 0 Å². The highest BCUT2D eigenvalue weighted by molar-refractivity contribution is 6.10. The van der Waals surface area contributed by atoms with Gasteiger partial charge in [0.15, 0.2) is 0 Å². The van der Waals surface area contributed by atoms with Gasteiger partial charge in [0.2, 0.25) is 0 Å². The van der Waals surface area contributed by atoms with Crippen LogP contribution in [0.15, 0.2) is 164 Å². The molecule has 0 amide bonds. The maximum Gasteiger partial charge on any atom is 0.0705 e. The summed E-state index contributed by atoms with van der Waals surface area (Å²) in [4.78, 5) is 4.73. The van der Waals surface area contributed by atoms with Crippen LogP contribution >= 0.6 is 0 Å². The number of aromatic nitrogens is 2. The monoisotopic (exact) mass is 562 g/mol. The van der Waals surface area contributed by atoms with Crippen LogP contribution in [0.1, 0.15) is 5.69 Å². The predicted molar refractivity (Wildman–Crippen MR) is 185 cm³/mol. The van der Waals surface area contributed by atoms with Crippen LogP contribution in [0.2, 0.25) is 0 Å². The van der Waals surface area contributed by atoms with Crippen LogP contribution in [0.25, 0.3) is 72.1 Å². The highest BCUT2D eigenvalue weighted by Crippen LogP contribution is 2.36. The molecule has 0 aliphatic rings. The number of hydrogen-bond donors (Lipinski definition) is 0. The molecule has 0 N–H and O–H groups in total. The summed E-state index contributed by atoms with van der Waals surface area (Å²) in [5.74, 6) is 0. The van der Waals surface area contributed by atoms with E-state index in [9.17, 15) is 0 Å². The zero-order valence-corrected chi connectivity index (χ0v) is 24.5. The average Bonchev–Trinajstić information content (AvgIpc) is 3.42. The minimum Gasteiger partial charge on any atom is -0.309 e. The highest BCUT2D eigenvalue weighted by Gasteiger charge is 2.13. The molecule has 2 heterocycles. The third-order valence-electron chi connectivity index (χ3n) is 8.46. The van der Waals surface area contributed by atoms with Crippen molar-refractivity contribution in [1.82, 2.24) is 9.55 Å². The summed E-state index contributed by atoms with van der Waals surface area (Å²) >= 11 is 0. The Morgan fingerprint density at radius 3 is 1.57 bits per heavy atom. The first-order valence-electron chi connectivity index (χ1n) is 15.1. The van der Waals surface area contributed by atoms with Gasteiger partial charge in [-0.25, -0.2) is 0 Å². The Hall–Kier alpha value is -5.73. The first kappa shape index (κ1) is 25.9. The van der Waals surface area contributed by atoms with Gasteiger partial charge in [-0.05, 0) is 101 Å². The lowest BCUT2D eigenvalue weighted by molar-refractivity contribution is 1.18. The molecule has 0 saturated heterocycles. The number of benzene rings is 6. The van der Waals surface area contributed by atoms with Crippen molar-refractivity contribution in [1.29, 1.82) is 0 Å². The van der Waals surface area contributed by atoms with Crippen LogP contribution in [0.4, 0.5) is 0 Å². The van der Waals surface area contributed by atoms with E-state index in [0.717, 1.165) is 17.0 Å². The van der Waals surface area contributed by atoms with Crippen LogP contribution < -0.4 is 0 Å². The molecule has 2 heteroatoms. The third-order valence-corrected chi connectivity index (χ3v) is 8.46. The minimum atomic E-state index is 1.000. The maximum absolute atomic E-state index is 4.73. The summed E-state index contributed by atoms with van der Waals surface area (Å²) in [6, 6.07) is 58.7. The number of pyridine rings is 1. The maximum atomic E-state index is 4.73. The highest BCUT2D eigenvalue weighted by atomic mass is 15.0. The summed E-state index contributed by atoms with van der Waals surface area (Å²) in [5, 5.41) is 2.53. The molecule has 0 aliphatic heterocycles. The number of aryl methyl sites for hydroxylation is 1. The van der Waals surface area contributed by atoms with Crippen molar-refractivity contribution in [2.45, 2.75) is 6.92 Å². The van der Waals surface area contributed by atoms with Gasteiger partial charge in [0.1, 0.15) is 0 Å². The van der Waals surface area contributed by atoms with Crippen molar-refractivity contribution >= 4 is 21.8 Å². The van der Waals surface area contributed by atoms with E-state index in [0.29, 0.717) is 0 Å². The van der Waals surface area contributed by atoms with Crippen LogP contribution in [0, 0.1) is 6.92 Å². The second kappa shape index (κ2) is 10.8. The van der Waals surface area contributed by atoms with Crippen molar-refractivity contribution in [3.63, 3.8) is 0 Å². The van der Waals surface area contributed by atoms with Crippen molar-refractivity contribution in [3.05, 3.63) is 169 Å². The van der Waals surface area contributed by atoms with Crippen LogP contribution in [-0.4, -0.2) is 9.55 Å². The summed E-state index contributed by atoms with van der Waals surface area (Å²) in [6.45, 7) is 2.03. The zero-order valence-electron chi connectivity index (χ0n) is 24.5. The topological polar surface area (TPSA) is 17.8 Å². The lowest BCUT2D eigenvalue weighted by atomic mass is 9.95. The lowest BCUT2D eigenvalue weighted by Gasteiger charge is -2.10. The SMILES string of the molecule is Cc1cccc(-c2cccc(-c3cccc(-c4cccc(-c5ccc6c(c5)c5ccccc5n6-c5ccccc5)c4)c3)c2)n1. The lowest BCUT2D eigenvalue weighted by Crippen LogP contribution is -1.92. The van der Waals surface area contributed by atoms with E-state index in [-0.39, 0.29) is 0 Å². The molecule has 0 radical (unpaired) electrons. The summed E-state index contributed by atoms with van der Waals surface area (Å²) in [7, 11) is 0. The van der Waals surface area contributed by atoms with Gasteiger partial charge in [0, 0.05) is 27.7 Å². The van der Waals surface area contributed by atoms with E-state index in [1.807, 2.05) is 13.0 Å². The first-order chi connectivity index (χ1) is 21.7. The molecule has 0 bridgehead atoms. The molecular weight excluding hydrogens is 532 g/mol. The quantitative estimate of drug-likeness (QED) is 0.204. The molecular formula is C42H30N2. The second-order valence-corrected chi connectivity index (χ2v) is 11.3. The third kappa shape index (κ3) is 4.67. The normalized spacial score (nSPS) is 11.3. The Morgan fingerprint density at radius 1 is 0.386 bits per heavy atom. The minimum absolute atomic E-state index is 1.000. The summed E-state index contributed by atoms with van der Waals surface area (Å²) < 4.78 is 2.36. The van der Waals surface area contributed by atoms with Gasteiger partial charge in [0.05, 0.1) is 16.7 Å². The van der Waals surface area contributed by atoms with Crippen molar-refractivity contribution in [2.75, 3.05) is 0 Å².